The van der Waals surface area contributed by atoms with E-state index in [0.717, 1.165) is 31.7 Å². The Bertz CT molecular complexity index is 855. The van der Waals surface area contributed by atoms with Crippen molar-refractivity contribution in [1.29, 1.82) is 0 Å². The van der Waals surface area contributed by atoms with Gasteiger partial charge in [0.2, 0.25) is 0 Å². The molecule has 1 fully saturated rings. The van der Waals surface area contributed by atoms with E-state index in [4.69, 9.17) is 9.84 Å². The fourth-order valence-electron chi connectivity index (χ4n) is 3.93. The summed E-state index contributed by atoms with van der Waals surface area (Å²) in [5.74, 6) is -0.863. The average molecular weight is 435 g/mol. The van der Waals surface area contributed by atoms with Crippen LogP contribution in [-0.2, 0) is 23.8 Å². The number of unbranched alkanes of at least 4 members (excludes halogenated alkanes) is 3. The minimum absolute atomic E-state index is 0.122. The summed E-state index contributed by atoms with van der Waals surface area (Å²) in [7, 11) is 0. The summed E-state index contributed by atoms with van der Waals surface area (Å²) in [6.07, 6.45) is 0.245. The summed E-state index contributed by atoms with van der Waals surface area (Å²) >= 11 is 0. The fraction of sp³-hybridized carbons (Fsp3) is 0.458. The lowest BCUT2D eigenvalue weighted by Gasteiger charge is -2.17. The molecule has 31 heavy (non-hydrogen) atoms. The molecule has 1 saturated heterocycles. The van der Waals surface area contributed by atoms with Crippen LogP contribution in [0.5, 0.6) is 5.75 Å². The number of benzene rings is 2. The predicted molar refractivity (Wildman–Crippen MR) is 112 cm³/mol. The zero-order valence-electron chi connectivity index (χ0n) is 17.3. The van der Waals surface area contributed by atoms with E-state index in [1.165, 1.54) is 11.6 Å². The summed E-state index contributed by atoms with van der Waals surface area (Å²) in [6.45, 7) is 0.295. The van der Waals surface area contributed by atoms with Crippen LogP contribution in [0.15, 0.2) is 48.5 Å². The molecule has 0 aromatic heterocycles. The molecule has 3 rings (SSSR count). The second-order valence-corrected chi connectivity index (χ2v) is 7.99. The number of ether oxygens (including phenoxy) is 1. The highest BCUT2D eigenvalue weighted by Crippen LogP contribution is 2.35. The Morgan fingerprint density at radius 1 is 1.03 bits per heavy atom. The SMILES string of the molecule is O=C(O)[C@@H]1C[C@@H](Oc2ccc(CCCCCCc3ccccc3)c(C(F)(F)F)c2)CN1. The van der Waals surface area contributed by atoms with Crippen LogP contribution >= 0.6 is 0 Å². The van der Waals surface area contributed by atoms with Crippen LogP contribution in [0.1, 0.15) is 48.8 Å². The van der Waals surface area contributed by atoms with Gasteiger partial charge in [-0.2, -0.15) is 13.2 Å². The van der Waals surface area contributed by atoms with Crippen LogP contribution in [0.25, 0.3) is 0 Å². The summed E-state index contributed by atoms with van der Waals surface area (Å²) < 4.78 is 46.4. The maximum atomic E-state index is 13.6. The van der Waals surface area contributed by atoms with Crippen LogP contribution in [0.2, 0.25) is 0 Å². The first kappa shape index (κ1) is 23.1. The lowest BCUT2D eigenvalue weighted by atomic mass is 9.99. The molecule has 4 nitrogen and oxygen atoms in total. The molecule has 0 radical (unpaired) electrons. The number of aryl methyl sites for hydroxylation is 2. The Kier molecular flexibility index (Phi) is 7.96. The molecule has 2 N–H and O–H groups in total. The standard InChI is InChI=1S/C24H28F3NO3/c25-24(26,27)21-14-19(31-20-15-22(23(29)30)28-16-20)13-12-18(21)11-7-2-1-4-8-17-9-5-3-6-10-17/h3,5-6,9-10,12-14,20,22,28H,1-2,4,7-8,11,15-16H2,(H,29,30)/t20-,22+/m1/s1. The Hall–Kier alpha value is -2.54. The minimum atomic E-state index is -4.46. The monoisotopic (exact) mass is 435 g/mol. The summed E-state index contributed by atoms with van der Waals surface area (Å²) in [5, 5.41) is 11.8. The third-order valence-electron chi connectivity index (χ3n) is 5.58. The van der Waals surface area contributed by atoms with Gasteiger partial charge in [-0.1, -0.05) is 49.2 Å². The molecule has 0 unspecified atom stereocenters. The highest BCUT2D eigenvalue weighted by molar-refractivity contribution is 5.73. The van der Waals surface area contributed by atoms with E-state index in [9.17, 15) is 18.0 Å². The maximum absolute atomic E-state index is 13.6. The van der Waals surface area contributed by atoms with Crippen LogP contribution in [0.3, 0.4) is 0 Å². The van der Waals surface area contributed by atoms with E-state index in [0.29, 0.717) is 19.4 Å². The largest absolute Gasteiger partial charge is 0.489 e. The smallest absolute Gasteiger partial charge is 0.416 e. The van der Waals surface area contributed by atoms with E-state index < -0.39 is 29.9 Å². The zero-order chi connectivity index (χ0) is 22.3. The molecule has 1 aliphatic rings. The van der Waals surface area contributed by atoms with Gasteiger partial charge in [-0.05, 0) is 48.9 Å². The van der Waals surface area contributed by atoms with Crippen molar-refractivity contribution < 1.29 is 27.8 Å². The van der Waals surface area contributed by atoms with Gasteiger partial charge < -0.3 is 15.2 Å². The summed E-state index contributed by atoms with van der Waals surface area (Å²) in [4.78, 5) is 11.0. The van der Waals surface area contributed by atoms with Crippen LogP contribution in [0, 0.1) is 0 Å². The first-order valence-electron chi connectivity index (χ1n) is 10.7. The summed E-state index contributed by atoms with van der Waals surface area (Å²) in [5.41, 5.74) is 0.885. The second-order valence-electron chi connectivity index (χ2n) is 7.99. The molecule has 0 bridgehead atoms. The van der Waals surface area contributed by atoms with E-state index in [1.807, 2.05) is 18.2 Å². The van der Waals surface area contributed by atoms with Crippen molar-refractivity contribution in [3.8, 4) is 5.75 Å². The number of hydrogen-bond acceptors (Lipinski definition) is 3. The van der Waals surface area contributed by atoms with Crippen molar-refractivity contribution >= 4 is 5.97 Å². The number of alkyl halides is 3. The number of carboxylic acid groups (broad SMARTS) is 1. The van der Waals surface area contributed by atoms with Crippen LogP contribution in [-0.4, -0.2) is 29.8 Å². The average Bonchev–Trinajstić information content (AvgIpc) is 3.20. The predicted octanol–water partition coefficient (Wildman–Crippen LogP) is 5.24. The van der Waals surface area contributed by atoms with Gasteiger partial charge in [0.05, 0.1) is 5.56 Å². The normalized spacial score (nSPS) is 18.8. The van der Waals surface area contributed by atoms with E-state index in [1.54, 1.807) is 6.07 Å². The lowest BCUT2D eigenvalue weighted by Crippen LogP contribution is -2.30. The third kappa shape index (κ3) is 6.99. The molecule has 0 amide bonds. The molecule has 2 aromatic carbocycles. The highest BCUT2D eigenvalue weighted by atomic mass is 19.4. The molecular formula is C24H28F3NO3. The molecule has 0 aliphatic carbocycles. The molecule has 2 aromatic rings. The lowest BCUT2D eigenvalue weighted by molar-refractivity contribution is -0.139. The molecule has 0 saturated carbocycles. The van der Waals surface area contributed by atoms with Crippen molar-refractivity contribution in [2.75, 3.05) is 6.54 Å². The molecule has 0 spiro atoms. The zero-order valence-corrected chi connectivity index (χ0v) is 17.3. The highest BCUT2D eigenvalue weighted by Gasteiger charge is 2.35. The molecule has 1 heterocycles. The van der Waals surface area contributed by atoms with Gasteiger partial charge in [0.25, 0.3) is 0 Å². The molecule has 1 aliphatic heterocycles. The topological polar surface area (TPSA) is 58.6 Å². The molecule has 168 valence electrons. The van der Waals surface area contributed by atoms with Gasteiger partial charge in [0, 0.05) is 13.0 Å². The minimum Gasteiger partial charge on any atom is -0.489 e. The number of aliphatic carboxylic acids is 1. The first-order chi connectivity index (χ1) is 14.8. The number of nitrogens with one attached hydrogen (secondary N) is 1. The Labute approximate surface area is 180 Å². The number of rotatable bonds is 10. The Balaban J connectivity index is 1.51. The van der Waals surface area contributed by atoms with Gasteiger partial charge in [-0.15, -0.1) is 0 Å². The maximum Gasteiger partial charge on any atom is 0.416 e. The Morgan fingerprint density at radius 2 is 1.74 bits per heavy atom. The van der Waals surface area contributed by atoms with Gasteiger partial charge >= 0.3 is 12.1 Å². The van der Waals surface area contributed by atoms with E-state index in [-0.39, 0.29) is 17.7 Å². The van der Waals surface area contributed by atoms with Gasteiger partial charge in [-0.3, -0.25) is 4.79 Å². The van der Waals surface area contributed by atoms with Gasteiger partial charge in [0.1, 0.15) is 17.9 Å². The number of halogens is 3. The summed E-state index contributed by atoms with van der Waals surface area (Å²) in [6, 6.07) is 13.5. The van der Waals surface area contributed by atoms with Gasteiger partial charge in [-0.25, -0.2) is 0 Å². The van der Waals surface area contributed by atoms with E-state index >= 15 is 0 Å². The quantitative estimate of drug-likeness (QED) is 0.501. The molecular weight excluding hydrogens is 407 g/mol. The molecule has 2 atom stereocenters. The molecule has 7 heteroatoms. The van der Waals surface area contributed by atoms with Crippen molar-refractivity contribution in [2.45, 2.75) is 63.3 Å². The van der Waals surface area contributed by atoms with Crippen LogP contribution < -0.4 is 10.1 Å². The van der Waals surface area contributed by atoms with Crippen molar-refractivity contribution in [3.05, 3.63) is 65.2 Å². The van der Waals surface area contributed by atoms with Crippen molar-refractivity contribution in [3.63, 3.8) is 0 Å². The second kappa shape index (κ2) is 10.7. The first-order valence-corrected chi connectivity index (χ1v) is 10.7. The fourth-order valence-corrected chi connectivity index (χ4v) is 3.93. The van der Waals surface area contributed by atoms with E-state index in [2.05, 4.69) is 17.4 Å². The van der Waals surface area contributed by atoms with Crippen molar-refractivity contribution in [2.24, 2.45) is 0 Å². The number of carboxylic acids is 1. The third-order valence-corrected chi connectivity index (χ3v) is 5.58. The van der Waals surface area contributed by atoms with Gasteiger partial charge in [0.15, 0.2) is 0 Å². The van der Waals surface area contributed by atoms with Crippen LogP contribution in [0.4, 0.5) is 13.2 Å². The number of hydrogen-bond donors (Lipinski definition) is 2. The number of carbonyl (C=O) groups is 1. The Morgan fingerprint density at radius 3 is 2.39 bits per heavy atom. The van der Waals surface area contributed by atoms with Crippen molar-refractivity contribution in [1.82, 2.24) is 5.32 Å².